The topological polar surface area (TPSA) is 81.8 Å². The summed E-state index contributed by atoms with van der Waals surface area (Å²) in [5.41, 5.74) is 4.12. The lowest BCUT2D eigenvalue weighted by molar-refractivity contribution is 0.0944. The van der Waals surface area contributed by atoms with E-state index in [0.717, 1.165) is 27.2 Å². The fourth-order valence-corrected chi connectivity index (χ4v) is 3.42. The van der Waals surface area contributed by atoms with Crippen molar-refractivity contribution < 1.29 is 9.18 Å². The smallest absolute Gasteiger partial charge is 0.272 e. The molecule has 0 saturated carbocycles. The second-order valence-electron chi connectivity index (χ2n) is 7.53. The van der Waals surface area contributed by atoms with E-state index >= 15 is 0 Å². The van der Waals surface area contributed by atoms with Crippen molar-refractivity contribution in [2.45, 2.75) is 26.9 Å². The molecule has 0 bridgehead atoms. The van der Waals surface area contributed by atoms with Gasteiger partial charge in [-0.15, -0.1) is 0 Å². The molecule has 0 radical (unpaired) electrons. The summed E-state index contributed by atoms with van der Waals surface area (Å²) in [6, 6.07) is 17.9. The average Bonchev–Trinajstić information content (AvgIpc) is 3.10. The Kier molecular flexibility index (Phi) is 5.93. The fourth-order valence-electron chi connectivity index (χ4n) is 3.42. The number of amides is 1. The van der Waals surface area contributed by atoms with Gasteiger partial charge in [0.1, 0.15) is 11.5 Å². The van der Waals surface area contributed by atoms with Gasteiger partial charge in [0.05, 0.1) is 17.9 Å². The van der Waals surface area contributed by atoms with E-state index in [1.807, 2.05) is 48.9 Å². The fraction of sp³-hybridized carbons (Fsp3) is 0.167. The second-order valence-corrected chi connectivity index (χ2v) is 7.53. The standard InChI is InChI=1S/C24H22FN5O2/c1-16-12-17(2)29(27-16)15-19-5-3-4-18(13-19)14-26-24(32)22-10-11-23(31)30(28-22)21-8-6-20(25)7-9-21/h3-13H,14-15H2,1-2H3,(H,26,32). The first-order valence-corrected chi connectivity index (χ1v) is 10.1. The van der Waals surface area contributed by atoms with Gasteiger partial charge in [0, 0.05) is 18.3 Å². The molecular formula is C24H22FN5O2. The molecule has 8 heteroatoms. The highest BCUT2D eigenvalue weighted by molar-refractivity contribution is 5.92. The van der Waals surface area contributed by atoms with Crippen LogP contribution in [0.25, 0.3) is 5.69 Å². The van der Waals surface area contributed by atoms with Crippen molar-refractivity contribution in [3.63, 3.8) is 0 Å². The van der Waals surface area contributed by atoms with Crippen LogP contribution < -0.4 is 10.9 Å². The van der Waals surface area contributed by atoms with Gasteiger partial charge in [-0.3, -0.25) is 14.3 Å². The number of hydrogen-bond acceptors (Lipinski definition) is 4. The predicted molar refractivity (Wildman–Crippen MR) is 118 cm³/mol. The van der Waals surface area contributed by atoms with E-state index in [1.54, 1.807) is 0 Å². The highest BCUT2D eigenvalue weighted by Gasteiger charge is 2.11. The first-order chi connectivity index (χ1) is 15.4. The first kappa shape index (κ1) is 21.2. The Morgan fingerprint density at radius 1 is 0.969 bits per heavy atom. The molecule has 4 rings (SSSR count). The van der Waals surface area contributed by atoms with Gasteiger partial charge in [-0.1, -0.05) is 24.3 Å². The molecule has 162 valence electrons. The third kappa shape index (κ3) is 4.80. The lowest BCUT2D eigenvalue weighted by Gasteiger charge is -2.10. The number of carbonyl (C=O) groups excluding carboxylic acids is 1. The summed E-state index contributed by atoms with van der Waals surface area (Å²) in [6.45, 7) is 4.93. The van der Waals surface area contributed by atoms with Crippen LogP contribution in [0.15, 0.2) is 71.5 Å². The molecule has 0 aliphatic rings. The Labute approximate surface area is 184 Å². The zero-order chi connectivity index (χ0) is 22.7. The Morgan fingerprint density at radius 2 is 1.72 bits per heavy atom. The molecular weight excluding hydrogens is 409 g/mol. The zero-order valence-corrected chi connectivity index (χ0v) is 17.7. The molecule has 0 aliphatic carbocycles. The number of aromatic nitrogens is 4. The molecule has 2 aromatic heterocycles. The van der Waals surface area contributed by atoms with Crippen LogP contribution in [-0.4, -0.2) is 25.5 Å². The van der Waals surface area contributed by atoms with Crippen LogP contribution in [0.1, 0.15) is 33.0 Å². The largest absolute Gasteiger partial charge is 0.347 e. The maximum Gasteiger partial charge on any atom is 0.272 e. The van der Waals surface area contributed by atoms with Crippen molar-refractivity contribution in [1.29, 1.82) is 0 Å². The number of nitrogens with one attached hydrogen (secondary N) is 1. The van der Waals surface area contributed by atoms with Crippen LogP contribution in [0.5, 0.6) is 0 Å². The molecule has 4 aromatic rings. The normalized spacial score (nSPS) is 10.8. The maximum absolute atomic E-state index is 13.2. The van der Waals surface area contributed by atoms with Gasteiger partial charge >= 0.3 is 0 Å². The minimum Gasteiger partial charge on any atom is -0.347 e. The molecule has 0 saturated heterocycles. The van der Waals surface area contributed by atoms with Crippen LogP contribution in [0.2, 0.25) is 0 Å². The van der Waals surface area contributed by atoms with E-state index in [-0.39, 0.29) is 5.69 Å². The third-order valence-electron chi connectivity index (χ3n) is 4.98. The van der Waals surface area contributed by atoms with Gasteiger partial charge < -0.3 is 5.32 Å². The molecule has 2 heterocycles. The van der Waals surface area contributed by atoms with Crippen LogP contribution in [0.3, 0.4) is 0 Å². The molecule has 1 amide bonds. The van der Waals surface area contributed by atoms with Gasteiger partial charge in [-0.2, -0.15) is 14.9 Å². The molecule has 0 fully saturated rings. The SMILES string of the molecule is Cc1cc(C)n(Cc2cccc(CNC(=O)c3ccc(=O)n(-c4ccc(F)cc4)n3)c2)n1. The Bertz CT molecular complexity index is 1320. The van der Waals surface area contributed by atoms with Crippen molar-refractivity contribution >= 4 is 5.91 Å². The Balaban J connectivity index is 1.46. The summed E-state index contributed by atoms with van der Waals surface area (Å²) < 4.78 is 16.2. The average molecular weight is 431 g/mol. The molecule has 0 aliphatic heterocycles. The predicted octanol–water partition coefficient (Wildman–Crippen LogP) is 3.16. The minimum absolute atomic E-state index is 0.0905. The van der Waals surface area contributed by atoms with Crippen LogP contribution >= 0.6 is 0 Å². The van der Waals surface area contributed by atoms with E-state index in [0.29, 0.717) is 18.8 Å². The van der Waals surface area contributed by atoms with Crippen molar-refractivity contribution in [3.8, 4) is 5.69 Å². The molecule has 2 aromatic carbocycles. The van der Waals surface area contributed by atoms with Gasteiger partial charge in [-0.05, 0) is 61.4 Å². The number of nitrogens with zero attached hydrogens (tertiary/aromatic N) is 4. The summed E-state index contributed by atoms with van der Waals surface area (Å²) in [7, 11) is 0. The summed E-state index contributed by atoms with van der Waals surface area (Å²) >= 11 is 0. The summed E-state index contributed by atoms with van der Waals surface area (Å²) in [6.07, 6.45) is 0. The van der Waals surface area contributed by atoms with Crippen LogP contribution in [-0.2, 0) is 13.1 Å². The zero-order valence-electron chi connectivity index (χ0n) is 17.7. The van der Waals surface area contributed by atoms with Crippen molar-refractivity contribution in [2.75, 3.05) is 0 Å². The van der Waals surface area contributed by atoms with Crippen LogP contribution in [0.4, 0.5) is 4.39 Å². The quantitative estimate of drug-likeness (QED) is 0.509. The van der Waals surface area contributed by atoms with Crippen molar-refractivity contribution in [2.24, 2.45) is 0 Å². The van der Waals surface area contributed by atoms with E-state index < -0.39 is 17.3 Å². The second kappa shape index (κ2) is 8.97. The van der Waals surface area contributed by atoms with E-state index in [1.165, 1.54) is 36.4 Å². The van der Waals surface area contributed by atoms with E-state index in [4.69, 9.17) is 0 Å². The molecule has 7 nitrogen and oxygen atoms in total. The van der Waals surface area contributed by atoms with Crippen LogP contribution in [0, 0.1) is 19.7 Å². The number of halogens is 1. The summed E-state index contributed by atoms with van der Waals surface area (Å²) in [5.74, 6) is -0.833. The monoisotopic (exact) mass is 431 g/mol. The number of carbonyl (C=O) groups is 1. The maximum atomic E-state index is 13.2. The molecule has 0 spiro atoms. The lowest BCUT2D eigenvalue weighted by Crippen LogP contribution is -2.28. The highest BCUT2D eigenvalue weighted by atomic mass is 19.1. The van der Waals surface area contributed by atoms with Crippen molar-refractivity contribution in [1.82, 2.24) is 24.9 Å². The Morgan fingerprint density at radius 3 is 2.44 bits per heavy atom. The molecule has 0 atom stereocenters. The van der Waals surface area contributed by atoms with Gasteiger partial charge in [0.25, 0.3) is 11.5 Å². The van der Waals surface area contributed by atoms with E-state index in [9.17, 15) is 14.0 Å². The lowest BCUT2D eigenvalue weighted by atomic mass is 10.1. The number of hydrogen-bond donors (Lipinski definition) is 1. The van der Waals surface area contributed by atoms with Gasteiger partial charge in [0.2, 0.25) is 0 Å². The van der Waals surface area contributed by atoms with Gasteiger partial charge in [0.15, 0.2) is 0 Å². The number of rotatable bonds is 6. The Hall–Kier alpha value is -4.07. The first-order valence-electron chi connectivity index (χ1n) is 10.1. The third-order valence-corrected chi connectivity index (χ3v) is 4.98. The summed E-state index contributed by atoms with van der Waals surface area (Å²) in [4.78, 5) is 24.8. The molecule has 32 heavy (non-hydrogen) atoms. The number of benzene rings is 2. The minimum atomic E-state index is -0.421. The molecule has 0 unspecified atom stereocenters. The number of aryl methyl sites for hydroxylation is 2. The van der Waals surface area contributed by atoms with Gasteiger partial charge in [-0.25, -0.2) is 4.39 Å². The summed E-state index contributed by atoms with van der Waals surface area (Å²) in [5, 5.41) is 11.4. The van der Waals surface area contributed by atoms with Crippen molar-refractivity contribution in [3.05, 3.63) is 111 Å². The molecule has 1 N–H and O–H groups in total. The van der Waals surface area contributed by atoms with E-state index in [2.05, 4.69) is 15.5 Å². The highest BCUT2D eigenvalue weighted by Crippen LogP contribution is 2.10.